The van der Waals surface area contributed by atoms with Gasteiger partial charge in [-0.2, -0.15) is 0 Å². The third kappa shape index (κ3) is 1.48. The molecule has 0 aromatic heterocycles. The van der Waals surface area contributed by atoms with E-state index in [1.165, 1.54) is 44.0 Å². The topological polar surface area (TPSA) is 0 Å². The molecule has 4 rings (SSSR count). The highest BCUT2D eigenvalue weighted by molar-refractivity contribution is 6.74. The summed E-state index contributed by atoms with van der Waals surface area (Å²) in [5.41, 5.74) is 8.59. The molecule has 0 fully saturated rings. The highest BCUT2D eigenvalue weighted by atomic mass is 14.2. The Bertz CT molecular complexity index is 815. The van der Waals surface area contributed by atoms with Crippen molar-refractivity contribution in [2.75, 3.05) is 0 Å². The van der Waals surface area contributed by atoms with Crippen LogP contribution in [0.4, 0.5) is 0 Å². The van der Waals surface area contributed by atoms with Crippen molar-refractivity contribution in [3.05, 3.63) is 59.7 Å². The zero-order chi connectivity index (χ0) is 13.0. The summed E-state index contributed by atoms with van der Waals surface area (Å²) < 4.78 is 0. The Hall–Kier alpha value is -2.02. The van der Waals surface area contributed by atoms with Crippen LogP contribution in [0.5, 0.6) is 0 Å². The van der Waals surface area contributed by atoms with E-state index >= 15 is 0 Å². The Morgan fingerprint density at radius 2 is 1.58 bits per heavy atom. The average Bonchev–Trinajstić information content (AvgIpc) is 2.76. The van der Waals surface area contributed by atoms with Gasteiger partial charge >= 0.3 is 0 Å². The van der Waals surface area contributed by atoms with E-state index in [0.717, 1.165) is 7.28 Å². The Morgan fingerprint density at radius 3 is 2.42 bits per heavy atom. The lowest BCUT2D eigenvalue weighted by atomic mass is 9.67. The van der Waals surface area contributed by atoms with Gasteiger partial charge < -0.3 is 0 Å². The highest BCUT2D eigenvalue weighted by Crippen LogP contribution is 2.30. The molecule has 19 heavy (non-hydrogen) atoms. The number of benzene rings is 3. The van der Waals surface area contributed by atoms with E-state index in [2.05, 4.69) is 62.4 Å². The van der Waals surface area contributed by atoms with Crippen LogP contribution in [-0.2, 0) is 0 Å². The smallest absolute Gasteiger partial charge is 0.0706 e. The lowest BCUT2D eigenvalue weighted by Gasteiger charge is -2.10. The van der Waals surface area contributed by atoms with Crippen LogP contribution in [0.2, 0.25) is 0 Å². The Balaban J connectivity index is 2.14. The molecular weight excluding hydrogens is 227 g/mol. The zero-order valence-corrected chi connectivity index (χ0v) is 11.3. The Kier molecular flexibility index (Phi) is 2.14. The Morgan fingerprint density at radius 1 is 0.789 bits per heavy atom. The third-order valence-electron chi connectivity index (χ3n) is 4.24. The number of hydrogen-bond donors (Lipinski definition) is 0. The van der Waals surface area contributed by atoms with E-state index in [1.54, 1.807) is 0 Å². The first kappa shape index (κ1) is 10.9. The SMILES string of the molecule is Cc1ccc2c(c1)Bc1cc(C)c3ccccc3c1-2. The van der Waals surface area contributed by atoms with Gasteiger partial charge in [-0.15, -0.1) is 0 Å². The van der Waals surface area contributed by atoms with Gasteiger partial charge in [-0.25, -0.2) is 0 Å². The van der Waals surface area contributed by atoms with Gasteiger partial charge in [0, 0.05) is 0 Å². The number of fused-ring (bicyclic) bond motifs is 5. The molecule has 1 heterocycles. The van der Waals surface area contributed by atoms with Gasteiger partial charge in [-0.1, -0.05) is 65.0 Å². The molecule has 0 radical (unpaired) electrons. The van der Waals surface area contributed by atoms with Crippen molar-refractivity contribution in [2.24, 2.45) is 0 Å². The minimum atomic E-state index is 1.08. The largest absolute Gasteiger partial charge is 0.193 e. The lowest BCUT2D eigenvalue weighted by Crippen LogP contribution is -2.21. The number of hydrogen-bond acceptors (Lipinski definition) is 0. The van der Waals surface area contributed by atoms with Gasteiger partial charge in [0.25, 0.3) is 0 Å². The van der Waals surface area contributed by atoms with Crippen molar-refractivity contribution >= 4 is 29.0 Å². The standard InChI is InChI=1S/C18H15B/c1-11-7-8-15-16(9-11)19-17-10-12(2)13-5-3-4-6-14(13)18(15)17/h3-10,19H,1-2H3. The quantitative estimate of drug-likeness (QED) is 0.416. The summed E-state index contributed by atoms with van der Waals surface area (Å²) in [5, 5.41) is 2.79. The van der Waals surface area contributed by atoms with E-state index < -0.39 is 0 Å². The Labute approximate surface area is 114 Å². The molecule has 0 aliphatic carbocycles. The van der Waals surface area contributed by atoms with E-state index in [0.29, 0.717) is 0 Å². The number of aryl methyl sites for hydroxylation is 2. The minimum Gasteiger partial charge on any atom is -0.0706 e. The average molecular weight is 242 g/mol. The summed E-state index contributed by atoms with van der Waals surface area (Å²) in [7, 11) is 1.08. The van der Waals surface area contributed by atoms with Gasteiger partial charge in [0.05, 0.1) is 0 Å². The van der Waals surface area contributed by atoms with Crippen LogP contribution in [0.3, 0.4) is 0 Å². The van der Waals surface area contributed by atoms with E-state index in [-0.39, 0.29) is 0 Å². The summed E-state index contributed by atoms with van der Waals surface area (Å²) in [6.45, 7) is 4.39. The lowest BCUT2D eigenvalue weighted by molar-refractivity contribution is 1.50. The second-order valence-electron chi connectivity index (χ2n) is 5.61. The summed E-state index contributed by atoms with van der Waals surface area (Å²) in [6.07, 6.45) is 0. The van der Waals surface area contributed by atoms with Crippen molar-refractivity contribution < 1.29 is 0 Å². The van der Waals surface area contributed by atoms with Crippen molar-refractivity contribution in [3.8, 4) is 11.1 Å². The summed E-state index contributed by atoms with van der Waals surface area (Å²) >= 11 is 0. The van der Waals surface area contributed by atoms with Crippen molar-refractivity contribution in [1.29, 1.82) is 0 Å². The van der Waals surface area contributed by atoms with Crippen molar-refractivity contribution in [1.82, 2.24) is 0 Å². The first-order chi connectivity index (χ1) is 9.24. The molecular formula is C18H15B. The van der Waals surface area contributed by atoms with Gasteiger partial charge in [0.15, 0.2) is 7.28 Å². The molecule has 3 aromatic rings. The normalized spacial score (nSPS) is 12.1. The molecule has 0 unspecified atom stereocenters. The maximum Gasteiger partial charge on any atom is 0.193 e. The molecule has 0 spiro atoms. The van der Waals surface area contributed by atoms with Crippen LogP contribution in [0.1, 0.15) is 11.1 Å². The maximum atomic E-state index is 2.37. The summed E-state index contributed by atoms with van der Waals surface area (Å²) in [5.74, 6) is 0. The molecule has 0 atom stereocenters. The third-order valence-corrected chi connectivity index (χ3v) is 4.24. The van der Waals surface area contributed by atoms with Gasteiger partial charge in [-0.05, 0) is 41.3 Å². The van der Waals surface area contributed by atoms with Crippen LogP contribution in [-0.4, -0.2) is 7.28 Å². The molecule has 0 saturated carbocycles. The first-order valence-corrected chi connectivity index (χ1v) is 6.85. The molecule has 1 aliphatic heterocycles. The van der Waals surface area contributed by atoms with E-state index in [4.69, 9.17) is 0 Å². The second-order valence-corrected chi connectivity index (χ2v) is 5.61. The minimum absolute atomic E-state index is 1.08. The maximum absolute atomic E-state index is 2.37. The molecule has 90 valence electrons. The predicted molar refractivity (Wildman–Crippen MR) is 85.3 cm³/mol. The van der Waals surface area contributed by atoms with Gasteiger partial charge in [-0.3, -0.25) is 0 Å². The van der Waals surface area contributed by atoms with Crippen LogP contribution < -0.4 is 10.9 Å². The zero-order valence-electron chi connectivity index (χ0n) is 11.3. The molecule has 1 heteroatoms. The molecule has 1 aliphatic rings. The van der Waals surface area contributed by atoms with Crippen molar-refractivity contribution in [2.45, 2.75) is 13.8 Å². The molecule has 3 aromatic carbocycles. The molecule has 0 nitrogen and oxygen atoms in total. The fraction of sp³-hybridized carbons (Fsp3) is 0.111. The molecule has 0 saturated heterocycles. The first-order valence-electron chi connectivity index (χ1n) is 6.85. The summed E-state index contributed by atoms with van der Waals surface area (Å²) in [6, 6.07) is 18.0. The van der Waals surface area contributed by atoms with Crippen molar-refractivity contribution in [3.63, 3.8) is 0 Å². The monoisotopic (exact) mass is 242 g/mol. The second kappa shape index (κ2) is 3.74. The summed E-state index contributed by atoms with van der Waals surface area (Å²) in [4.78, 5) is 0. The van der Waals surface area contributed by atoms with Crippen LogP contribution in [0.25, 0.3) is 21.9 Å². The van der Waals surface area contributed by atoms with Gasteiger partial charge in [0.1, 0.15) is 0 Å². The van der Waals surface area contributed by atoms with Crippen LogP contribution in [0.15, 0.2) is 48.5 Å². The molecule has 0 bridgehead atoms. The van der Waals surface area contributed by atoms with E-state index in [9.17, 15) is 0 Å². The fourth-order valence-corrected chi connectivity index (χ4v) is 3.40. The fourth-order valence-electron chi connectivity index (χ4n) is 3.40. The van der Waals surface area contributed by atoms with Crippen LogP contribution >= 0.6 is 0 Å². The molecule has 0 amide bonds. The van der Waals surface area contributed by atoms with Crippen LogP contribution in [0, 0.1) is 13.8 Å². The molecule has 0 N–H and O–H groups in total. The highest BCUT2D eigenvalue weighted by Gasteiger charge is 2.22. The van der Waals surface area contributed by atoms with E-state index in [1.807, 2.05) is 0 Å². The number of rotatable bonds is 0. The van der Waals surface area contributed by atoms with Gasteiger partial charge in [0.2, 0.25) is 0 Å². The predicted octanol–water partition coefficient (Wildman–Crippen LogP) is 2.82.